The van der Waals surface area contributed by atoms with Crippen molar-refractivity contribution in [3.63, 3.8) is 0 Å². The first-order chi connectivity index (χ1) is 10.1. The predicted octanol–water partition coefficient (Wildman–Crippen LogP) is 0.646. The lowest BCUT2D eigenvalue weighted by atomic mass is 10.1. The quantitative estimate of drug-likeness (QED) is 0.866. The lowest BCUT2D eigenvalue weighted by Crippen LogP contribution is -2.51. The summed E-state index contributed by atoms with van der Waals surface area (Å²) in [5.74, 6) is 1.29. The average Bonchev–Trinajstić information content (AvgIpc) is 2.53. The minimum atomic E-state index is -0.111. The van der Waals surface area contributed by atoms with Gasteiger partial charge in [0, 0.05) is 24.7 Å². The minimum Gasteiger partial charge on any atom is -0.486 e. The number of nitrogens with two attached hydrogens (primary N) is 1. The van der Waals surface area contributed by atoms with Crippen LogP contribution in [0.15, 0.2) is 18.2 Å². The van der Waals surface area contributed by atoms with Gasteiger partial charge in [0.15, 0.2) is 11.5 Å². The fourth-order valence-corrected chi connectivity index (χ4v) is 2.54. The lowest BCUT2D eigenvalue weighted by Gasteiger charge is -2.34. The molecule has 2 heterocycles. The highest BCUT2D eigenvalue weighted by atomic mass is 16.6. The molecule has 0 bridgehead atoms. The van der Waals surface area contributed by atoms with Gasteiger partial charge in [0.25, 0.3) is 5.91 Å². The van der Waals surface area contributed by atoms with Crippen molar-refractivity contribution in [3.05, 3.63) is 23.8 Å². The normalized spacial score (nSPS) is 22.8. The molecule has 0 aliphatic carbocycles. The number of fused-ring (bicyclic) bond motifs is 1. The predicted molar refractivity (Wildman–Crippen MR) is 76.7 cm³/mol. The smallest absolute Gasteiger partial charge is 0.254 e. The van der Waals surface area contributed by atoms with Gasteiger partial charge in [0.1, 0.15) is 13.2 Å². The molecule has 6 nitrogen and oxygen atoms in total. The van der Waals surface area contributed by atoms with Crippen LogP contribution in [0.3, 0.4) is 0 Å². The summed E-state index contributed by atoms with van der Waals surface area (Å²) < 4.78 is 16.6. The van der Waals surface area contributed by atoms with Gasteiger partial charge in [-0.3, -0.25) is 4.79 Å². The zero-order valence-electron chi connectivity index (χ0n) is 12.1. The zero-order chi connectivity index (χ0) is 14.8. The van der Waals surface area contributed by atoms with E-state index in [0.29, 0.717) is 50.0 Å². The van der Waals surface area contributed by atoms with Crippen molar-refractivity contribution in [1.82, 2.24) is 4.90 Å². The molecule has 2 atom stereocenters. The Morgan fingerprint density at radius 3 is 2.81 bits per heavy atom. The second-order valence-electron chi connectivity index (χ2n) is 5.38. The third kappa shape index (κ3) is 2.96. The molecule has 2 aliphatic heterocycles. The summed E-state index contributed by atoms with van der Waals surface area (Å²) in [6.45, 7) is 4.56. The fraction of sp³-hybridized carbons (Fsp3) is 0.533. The van der Waals surface area contributed by atoms with Crippen LogP contribution in [0, 0.1) is 0 Å². The Bertz CT molecular complexity index is 532. The van der Waals surface area contributed by atoms with Crippen molar-refractivity contribution in [1.29, 1.82) is 0 Å². The van der Waals surface area contributed by atoms with Gasteiger partial charge in [0.2, 0.25) is 0 Å². The summed E-state index contributed by atoms with van der Waals surface area (Å²) in [4.78, 5) is 14.4. The Kier molecular flexibility index (Phi) is 3.98. The van der Waals surface area contributed by atoms with Gasteiger partial charge >= 0.3 is 0 Å². The first-order valence-corrected chi connectivity index (χ1v) is 7.21. The fourth-order valence-electron chi connectivity index (χ4n) is 2.54. The van der Waals surface area contributed by atoms with Crippen molar-refractivity contribution in [2.75, 3.05) is 32.9 Å². The highest BCUT2D eigenvalue weighted by molar-refractivity contribution is 5.95. The van der Waals surface area contributed by atoms with Crippen LogP contribution in [0.5, 0.6) is 11.5 Å². The van der Waals surface area contributed by atoms with Crippen LogP contribution in [0.2, 0.25) is 0 Å². The molecule has 0 radical (unpaired) electrons. The monoisotopic (exact) mass is 292 g/mol. The number of morpholine rings is 1. The van der Waals surface area contributed by atoms with E-state index in [1.54, 1.807) is 23.1 Å². The second-order valence-corrected chi connectivity index (χ2v) is 5.38. The molecule has 1 amide bonds. The third-order valence-electron chi connectivity index (χ3n) is 3.76. The number of rotatable bonds is 2. The molecule has 6 heteroatoms. The van der Waals surface area contributed by atoms with Crippen molar-refractivity contribution in [2.45, 2.75) is 19.1 Å². The number of benzene rings is 1. The number of nitrogens with zero attached hydrogens (tertiary/aromatic N) is 1. The Morgan fingerprint density at radius 2 is 2.05 bits per heavy atom. The van der Waals surface area contributed by atoms with Crippen molar-refractivity contribution >= 4 is 5.91 Å². The van der Waals surface area contributed by atoms with E-state index in [9.17, 15) is 4.79 Å². The van der Waals surface area contributed by atoms with Gasteiger partial charge in [-0.2, -0.15) is 0 Å². The van der Waals surface area contributed by atoms with E-state index in [4.69, 9.17) is 19.9 Å². The van der Waals surface area contributed by atoms with Crippen LogP contribution in [-0.4, -0.2) is 55.9 Å². The summed E-state index contributed by atoms with van der Waals surface area (Å²) in [6.07, 6.45) is -0.111. The molecule has 3 rings (SSSR count). The molecule has 0 spiro atoms. The van der Waals surface area contributed by atoms with Gasteiger partial charge in [0.05, 0.1) is 12.7 Å². The highest BCUT2D eigenvalue weighted by Gasteiger charge is 2.27. The molecule has 114 valence electrons. The van der Waals surface area contributed by atoms with Crippen molar-refractivity contribution < 1.29 is 19.0 Å². The number of hydrogen-bond donors (Lipinski definition) is 1. The van der Waals surface area contributed by atoms with Crippen LogP contribution in [0.1, 0.15) is 17.3 Å². The number of hydrogen-bond acceptors (Lipinski definition) is 5. The summed E-state index contributed by atoms with van der Waals surface area (Å²) in [7, 11) is 0. The number of ether oxygens (including phenoxy) is 3. The molecular weight excluding hydrogens is 272 g/mol. The van der Waals surface area contributed by atoms with Gasteiger partial charge < -0.3 is 24.8 Å². The molecule has 0 aromatic heterocycles. The van der Waals surface area contributed by atoms with E-state index < -0.39 is 0 Å². The maximum absolute atomic E-state index is 12.6. The Labute approximate surface area is 123 Å². The van der Waals surface area contributed by atoms with Crippen LogP contribution >= 0.6 is 0 Å². The van der Waals surface area contributed by atoms with Gasteiger partial charge in [-0.05, 0) is 25.1 Å². The molecule has 1 aromatic rings. The van der Waals surface area contributed by atoms with Crippen molar-refractivity contribution in [3.8, 4) is 11.5 Å². The number of carbonyl (C=O) groups is 1. The maximum atomic E-state index is 12.6. The van der Waals surface area contributed by atoms with E-state index >= 15 is 0 Å². The highest BCUT2D eigenvalue weighted by Crippen LogP contribution is 2.31. The number of carbonyl (C=O) groups excluding carboxylic acids is 1. The molecule has 2 aliphatic rings. The average molecular weight is 292 g/mol. The van der Waals surface area contributed by atoms with Gasteiger partial charge in [-0.1, -0.05) is 0 Å². The Hall–Kier alpha value is -1.79. The van der Waals surface area contributed by atoms with Crippen LogP contribution in [0.4, 0.5) is 0 Å². The van der Waals surface area contributed by atoms with E-state index in [-0.39, 0.29) is 18.1 Å². The third-order valence-corrected chi connectivity index (χ3v) is 3.76. The molecular formula is C15H20N2O4. The van der Waals surface area contributed by atoms with Gasteiger partial charge in [-0.25, -0.2) is 0 Å². The van der Waals surface area contributed by atoms with E-state index in [1.807, 2.05) is 6.92 Å². The largest absolute Gasteiger partial charge is 0.486 e. The second kappa shape index (κ2) is 5.91. The standard InChI is InChI=1S/C15H20N2O4/c1-10(16)14-9-17(4-5-19-14)15(18)11-2-3-12-13(8-11)21-7-6-20-12/h2-3,8,10,14H,4-7,9,16H2,1H3. The minimum absolute atomic E-state index is 0.0269. The molecule has 21 heavy (non-hydrogen) atoms. The van der Waals surface area contributed by atoms with E-state index in [0.717, 1.165) is 0 Å². The molecule has 1 fully saturated rings. The molecule has 2 unspecified atom stereocenters. The number of amides is 1. The van der Waals surface area contributed by atoms with Gasteiger partial charge in [-0.15, -0.1) is 0 Å². The SMILES string of the molecule is CC(N)C1CN(C(=O)c2ccc3c(c2)OCCO3)CCO1. The van der Waals surface area contributed by atoms with Crippen LogP contribution in [-0.2, 0) is 4.74 Å². The van der Waals surface area contributed by atoms with E-state index in [2.05, 4.69) is 0 Å². The summed E-state index contributed by atoms with van der Waals surface area (Å²) in [5.41, 5.74) is 6.46. The van der Waals surface area contributed by atoms with Crippen molar-refractivity contribution in [2.24, 2.45) is 5.73 Å². The Balaban J connectivity index is 1.75. The molecule has 1 saturated heterocycles. The maximum Gasteiger partial charge on any atom is 0.254 e. The lowest BCUT2D eigenvalue weighted by molar-refractivity contribution is -0.0300. The zero-order valence-corrected chi connectivity index (χ0v) is 12.1. The first-order valence-electron chi connectivity index (χ1n) is 7.21. The van der Waals surface area contributed by atoms with E-state index in [1.165, 1.54) is 0 Å². The summed E-state index contributed by atoms with van der Waals surface area (Å²) in [5, 5.41) is 0. The summed E-state index contributed by atoms with van der Waals surface area (Å²) >= 11 is 0. The summed E-state index contributed by atoms with van der Waals surface area (Å²) in [6, 6.07) is 5.20. The first kappa shape index (κ1) is 14.2. The Morgan fingerprint density at radius 1 is 1.29 bits per heavy atom. The topological polar surface area (TPSA) is 74.0 Å². The molecule has 0 saturated carbocycles. The van der Waals surface area contributed by atoms with Crippen LogP contribution < -0.4 is 15.2 Å². The molecule has 2 N–H and O–H groups in total. The van der Waals surface area contributed by atoms with Crippen LogP contribution in [0.25, 0.3) is 0 Å². The molecule has 1 aromatic carbocycles.